The Morgan fingerprint density at radius 1 is 1.27 bits per heavy atom. The second-order valence-electron chi connectivity index (χ2n) is 7.44. The van der Waals surface area contributed by atoms with Crippen LogP contribution in [0.4, 0.5) is 5.13 Å². The molecule has 8 heteroatoms. The van der Waals surface area contributed by atoms with Crippen LogP contribution in [0.25, 0.3) is 0 Å². The lowest BCUT2D eigenvalue weighted by atomic mass is 10.1. The molecule has 0 radical (unpaired) electrons. The highest BCUT2D eigenvalue weighted by molar-refractivity contribution is 7.13. The topological polar surface area (TPSA) is 100 Å². The van der Waals surface area contributed by atoms with E-state index in [0.29, 0.717) is 37.1 Å². The average molecular weight is 380 g/mol. The number of nitrogens with two attached hydrogens (primary N) is 1. The second kappa shape index (κ2) is 8.81. The molecular formula is C18H29N5O2S. The first kappa shape index (κ1) is 19.1. The van der Waals surface area contributed by atoms with Crippen LogP contribution in [0.5, 0.6) is 0 Å². The van der Waals surface area contributed by atoms with E-state index in [1.807, 2.05) is 5.38 Å². The number of rotatable bonds is 9. The number of nitrogens with zero attached hydrogens (tertiary/aromatic N) is 2. The van der Waals surface area contributed by atoms with Crippen molar-refractivity contribution in [1.29, 1.82) is 0 Å². The number of hydrogen-bond acceptors (Lipinski definition) is 6. The highest BCUT2D eigenvalue weighted by Gasteiger charge is 2.37. The quantitative estimate of drug-likeness (QED) is 0.598. The van der Waals surface area contributed by atoms with Gasteiger partial charge in [0, 0.05) is 56.9 Å². The molecule has 0 unspecified atom stereocenters. The Balaban J connectivity index is 1.45. The van der Waals surface area contributed by atoms with Crippen molar-refractivity contribution in [3.8, 4) is 0 Å². The van der Waals surface area contributed by atoms with Gasteiger partial charge >= 0.3 is 0 Å². The van der Waals surface area contributed by atoms with E-state index >= 15 is 0 Å². The second-order valence-corrected chi connectivity index (χ2v) is 8.33. The fourth-order valence-corrected chi connectivity index (χ4v) is 4.26. The average Bonchev–Trinajstić information content (AvgIpc) is 3.20. The molecule has 0 spiro atoms. The van der Waals surface area contributed by atoms with Crippen molar-refractivity contribution >= 4 is 28.3 Å². The number of nitrogens with one attached hydrogen (secondary N) is 2. The highest BCUT2D eigenvalue weighted by atomic mass is 32.1. The minimum Gasteiger partial charge on any atom is -0.375 e. The summed E-state index contributed by atoms with van der Waals surface area (Å²) in [5.74, 6) is 0.882. The third kappa shape index (κ3) is 5.67. The third-order valence-corrected chi connectivity index (χ3v) is 5.94. The minimum atomic E-state index is 0.0141. The Hall–Kier alpha value is -1.67. The standard InChI is InChI=1S/C18H29N5O2S/c1-12(24)21-9-16-5-4-15(23(16)10-13-2-3-13)8-17(25)20-7-6-14-11-26-18(19)22-14/h11,13,15-16H,2-10H2,1H3,(H2,19,22)(H,20,25)(H,21,24)/t15-,16+/m0/s1. The van der Waals surface area contributed by atoms with Crippen molar-refractivity contribution in [2.75, 3.05) is 25.4 Å². The monoisotopic (exact) mass is 379 g/mol. The van der Waals surface area contributed by atoms with Gasteiger partial charge in [-0.3, -0.25) is 14.5 Å². The molecular weight excluding hydrogens is 350 g/mol. The van der Waals surface area contributed by atoms with Crippen LogP contribution in [-0.4, -0.2) is 53.4 Å². The fraction of sp³-hybridized carbons (Fsp3) is 0.722. The Morgan fingerprint density at radius 3 is 2.69 bits per heavy atom. The summed E-state index contributed by atoms with van der Waals surface area (Å²) in [4.78, 5) is 30.3. The van der Waals surface area contributed by atoms with Crippen LogP contribution >= 0.6 is 11.3 Å². The summed E-state index contributed by atoms with van der Waals surface area (Å²) in [6, 6.07) is 0.638. The molecule has 1 aliphatic heterocycles. The summed E-state index contributed by atoms with van der Waals surface area (Å²) in [5, 5.41) is 8.45. The number of carbonyl (C=O) groups is 2. The maximum atomic E-state index is 12.4. The van der Waals surface area contributed by atoms with Crippen LogP contribution in [0.15, 0.2) is 5.38 Å². The zero-order valence-electron chi connectivity index (χ0n) is 15.4. The van der Waals surface area contributed by atoms with Gasteiger partial charge in [0.25, 0.3) is 0 Å². The molecule has 0 bridgehead atoms. The Labute approximate surface area is 158 Å². The Morgan fingerprint density at radius 2 is 2.04 bits per heavy atom. The van der Waals surface area contributed by atoms with E-state index in [4.69, 9.17) is 5.73 Å². The molecule has 1 aliphatic carbocycles. The van der Waals surface area contributed by atoms with Gasteiger partial charge in [-0.1, -0.05) is 0 Å². The van der Waals surface area contributed by atoms with Gasteiger partial charge in [-0.25, -0.2) is 4.98 Å². The molecule has 2 fully saturated rings. The Kier molecular flexibility index (Phi) is 6.48. The van der Waals surface area contributed by atoms with Gasteiger partial charge in [0.2, 0.25) is 11.8 Å². The molecule has 4 N–H and O–H groups in total. The number of carbonyl (C=O) groups excluding carboxylic acids is 2. The predicted octanol–water partition coefficient (Wildman–Crippen LogP) is 1.15. The van der Waals surface area contributed by atoms with Gasteiger partial charge in [-0.05, 0) is 31.6 Å². The molecule has 0 aromatic carbocycles. The van der Waals surface area contributed by atoms with Crippen LogP contribution in [0.2, 0.25) is 0 Å². The highest BCUT2D eigenvalue weighted by Crippen LogP contribution is 2.35. The first-order valence-electron chi connectivity index (χ1n) is 9.48. The van der Waals surface area contributed by atoms with E-state index < -0.39 is 0 Å². The lowest BCUT2D eigenvalue weighted by molar-refractivity contribution is -0.122. The number of thiazole rings is 1. The van der Waals surface area contributed by atoms with Gasteiger partial charge in [0.1, 0.15) is 0 Å². The zero-order chi connectivity index (χ0) is 18.5. The van der Waals surface area contributed by atoms with Crippen molar-refractivity contribution < 1.29 is 9.59 Å². The van der Waals surface area contributed by atoms with Crippen molar-refractivity contribution in [1.82, 2.24) is 20.5 Å². The molecule has 3 rings (SSSR count). The van der Waals surface area contributed by atoms with Gasteiger partial charge in [0.15, 0.2) is 5.13 Å². The molecule has 2 heterocycles. The van der Waals surface area contributed by atoms with E-state index in [0.717, 1.165) is 31.0 Å². The van der Waals surface area contributed by atoms with Crippen LogP contribution in [0, 0.1) is 5.92 Å². The number of likely N-dealkylation sites (tertiary alicyclic amines) is 1. The predicted molar refractivity (Wildman–Crippen MR) is 103 cm³/mol. The third-order valence-electron chi connectivity index (χ3n) is 5.22. The number of amides is 2. The molecule has 1 saturated carbocycles. The fourth-order valence-electron chi connectivity index (χ4n) is 3.67. The number of aromatic nitrogens is 1. The lowest BCUT2D eigenvalue weighted by Gasteiger charge is -2.30. The summed E-state index contributed by atoms with van der Waals surface area (Å²) in [6.45, 7) is 3.89. The lowest BCUT2D eigenvalue weighted by Crippen LogP contribution is -2.45. The van der Waals surface area contributed by atoms with Crippen LogP contribution < -0.4 is 16.4 Å². The van der Waals surface area contributed by atoms with E-state index in [9.17, 15) is 9.59 Å². The largest absolute Gasteiger partial charge is 0.375 e. The summed E-state index contributed by atoms with van der Waals surface area (Å²) in [5.41, 5.74) is 6.55. The summed E-state index contributed by atoms with van der Waals surface area (Å²) < 4.78 is 0. The molecule has 2 amide bonds. The summed E-state index contributed by atoms with van der Waals surface area (Å²) >= 11 is 1.43. The van der Waals surface area contributed by atoms with Crippen molar-refractivity contribution in [3.05, 3.63) is 11.1 Å². The van der Waals surface area contributed by atoms with E-state index in [1.54, 1.807) is 6.92 Å². The van der Waals surface area contributed by atoms with Crippen LogP contribution in [-0.2, 0) is 16.0 Å². The summed E-state index contributed by atoms with van der Waals surface area (Å²) in [6.07, 6.45) is 5.89. The molecule has 1 aromatic heterocycles. The molecule has 144 valence electrons. The first-order chi connectivity index (χ1) is 12.5. The van der Waals surface area contributed by atoms with Gasteiger partial charge in [0.05, 0.1) is 5.69 Å². The summed E-state index contributed by atoms with van der Waals surface area (Å²) in [7, 11) is 0. The van der Waals surface area contributed by atoms with Gasteiger partial charge in [-0.15, -0.1) is 11.3 Å². The maximum absolute atomic E-state index is 12.4. The van der Waals surface area contributed by atoms with Crippen molar-refractivity contribution in [2.45, 2.75) is 57.5 Å². The normalized spacial score (nSPS) is 23.1. The van der Waals surface area contributed by atoms with Gasteiger partial charge in [-0.2, -0.15) is 0 Å². The van der Waals surface area contributed by atoms with Gasteiger partial charge < -0.3 is 16.4 Å². The van der Waals surface area contributed by atoms with E-state index in [2.05, 4.69) is 20.5 Å². The van der Waals surface area contributed by atoms with Crippen molar-refractivity contribution in [3.63, 3.8) is 0 Å². The smallest absolute Gasteiger partial charge is 0.221 e. The van der Waals surface area contributed by atoms with Crippen molar-refractivity contribution in [2.24, 2.45) is 5.92 Å². The SMILES string of the molecule is CC(=O)NC[C@H]1CC[C@@H](CC(=O)NCCc2csc(N)n2)N1CC1CC1. The van der Waals surface area contributed by atoms with E-state index in [1.165, 1.54) is 24.2 Å². The van der Waals surface area contributed by atoms with E-state index in [-0.39, 0.29) is 17.9 Å². The maximum Gasteiger partial charge on any atom is 0.221 e. The number of hydrogen-bond donors (Lipinski definition) is 3. The zero-order valence-corrected chi connectivity index (χ0v) is 16.2. The first-order valence-corrected chi connectivity index (χ1v) is 10.4. The molecule has 1 saturated heterocycles. The molecule has 2 aliphatic rings. The molecule has 2 atom stereocenters. The van der Waals surface area contributed by atoms with Crippen LogP contribution in [0.3, 0.4) is 0 Å². The Bertz CT molecular complexity index is 631. The number of nitrogen functional groups attached to an aromatic ring is 1. The molecule has 7 nitrogen and oxygen atoms in total. The van der Waals surface area contributed by atoms with Crippen LogP contribution in [0.1, 0.15) is 44.7 Å². The minimum absolute atomic E-state index is 0.0141. The number of anilines is 1. The molecule has 26 heavy (non-hydrogen) atoms. The molecule has 1 aromatic rings.